The Labute approximate surface area is 89.3 Å². The van der Waals surface area contributed by atoms with Gasteiger partial charge in [0.2, 0.25) is 0 Å². The zero-order valence-electron chi connectivity index (χ0n) is 8.92. The topological polar surface area (TPSA) is 51.2 Å². The molecule has 2 unspecified atom stereocenters. The summed E-state index contributed by atoms with van der Waals surface area (Å²) in [6.45, 7) is 3.78. The summed E-state index contributed by atoms with van der Waals surface area (Å²) in [4.78, 5) is 11.8. The molecule has 0 spiro atoms. The van der Waals surface area contributed by atoms with Gasteiger partial charge in [-0.1, -0.05) is 13.8 Å². The van der Waals surface area contributed by atoms with E-state index in [4.69, 9.17) is 0 Å². The maximum Gasteiger partial charge on any atom is 0.303 e. The first kappa shape index (κ1) is 11.0. The van der Waals surface area contributed by atoms with Crippen LogP contribution >= 0.6 is 0 Å². The van der Waals surface area contributed by atoms with Crippen LogP contribution in [0.2, 0.25) is 0 Å². The molecule has 0 radical (unpaired) electrons. The summed E-state index contributed by atoms with van der Waals surface area (Å²) in [7, 11) is -4.58. The van der Waals surface area contributed by atoms with Gasteiger partial charge in [-0.3, -0.25) is 4.79 Å². The highest BCUT2D eigenvalue weighted by Gasteiger charge is 2.65. The third kappa shape index (κ3) is 1.35. The van der Waals surface area contributed by atoms with Crippen molar-refractivity contribution in [3.63, 3.8) is 0 Å². The smallest absolute Gasteiger partial charge is 0.299 e. The predicted octanol–water partition coefficient (Wildman–Crippen LogP) is 1.68. The molecule has 2 bridgehead atoms. The van der Waals surface area contributed by atoms with E-state index in [1.165, 1.54) is 0 Å². The highest BCUT2D eigenvalue weighted by atomic mass is 32.3. The number of Topliss-reactive ketones (excluding diaryl/α,β-unsaturated/α-hetero) is 1. The fourth-order valence-electron chi connectivity index (χ4n) is 3.40. The van der Waals surface area contributed by atoms with Crippen LogP contribution in [0.4, 0.5) is 3.89 Å². The van der Waals surface area contributed by atoms with Crippen molar-refractivity contribution in [3.8, 4) is 0 Å². The zero-order valence-corrected chi connectivity index (χ0v) is 9.73. The average Bonchev–Trinajstić information content (AvgIpc) is 2.34. The lowest BCUT2D eigenvalue weighted by Crippen LogP contribution is -2.41. The van der Waals surface area contributed by atoms with Crippen LogP contribution in [0.25, 0.3) is 0 Å². The summed E-state index contributed by atoms with van der Waals surface area (Å²) in [5.41, 5.74) is -1.32. The molecule has 2 atom stereocenters. The molecule has 0 aromatic carbocycles. The molecule has 15 heavy (non-hydrogen) atoms. The Bertz CT molecular complexity index is 412. The van der Waals surface area contributed by atoms with E-state index in [-0.39, 0.29) is 17.1 Å². The van der Waals surface area contributed by atoms with Crippen molar-refractivity contribution in [2.75, 3.05) is 5.75 Å². The Hall–Kier alpha value is -0.450. The van der Waals surface area contributed by atoms with E-state index >= 15 is 0 Å². The molecule has 3 nitrogen and oxygen atoms in total. The summed E-state index contributed by atoms with van der Waals surface area (Å²) in [6.07, 6.45) is 1.78. The predicted molar refractivity (Wildman–Crippen MR) is 53.5 cm³/mol. The molecule has 2 aliphatic carbocycles. The maximum atomic E-state index is 12.8. The summed E-state index contributed by atoms with van der Waals surface area (Å²) < 4.78 is 34.4. The lowest BCUT2D eigenvalue weighted by molar-refractivity contribution is -0.128. The Morgan fingerprint density at radius 2 is 2.07 bits per heavy atom. The molecular formula is C10H15FO3S. The van der Waals surface area contributed by atoms with Crippen molar-refractivity contribution >= 4 is 16.0 Å². The van der Waals surface area contributed by atoms with Crippen LogP contribution in [0, 0.1) is 16.7 Å². The molecule has 86 valence electrons. The number of hydrogen-bond donors (Lipinski definition) is 0. The van der Waals surface area contributed by atoms with Gasteiger partial charge in [0.15, 0.2) is 0 Å². The molecule has 0 N–H and O–H groups in total. The normalized spacial score (nSPS) is 38.6. The minimum absolute atomic E-state index is 0.0648. The zero-order chi connectivity index (χ0) is 11.5. The molecule has 0 amide bonds. The number of ketones is 1. The first-order valence-electron chi connectivity index (χ1n) is 5.15. The second-order valence-corrected chi connectivity index (χ2v) is 6.72. The van der Waals surface area contributed by atoms with Crippen molar-refractivity contribution < 1.29 is 17.1 Å². The van der Waals surface area contributed by atoms with Crippen molar-refractivity contribution in [1.82, 2.24) is 0 Å². The van der Waals surface area contributed by atoms with E-state index in [9.17, 15) is 17.1 Å². The SMILES string of the molecule is CC1(C)C2CCC1(CS(=O)(=O)F)C(=O)C2. The van der Waals surface area contributed by atoms with Crippen LogP contribution in [0.3, 0.4) is 0 Å². The number of hydrogen-bond acceptors (Lipinski definition) is 3. The van der Waals surface area contributed by atoms with Gasteiger partial charge in [-0.2, -0.15) is 8.42 Å². The van der Waals surface area contributed by atoms with E-state index < -0.39 is 21.4 Å². The summed E-state index contributed by atoms with van der Waals surface area (Å²) in [5.74, 6) is -0.459. The van der Waals surface area contributed by atoms with Crippen LogP contribution in [0.15, 0.2) is 0 Å². The minimum atomic E-state index is -4.58. The van der Waals surface area contributed by atoms with Crippen LogP contribution in [-0.2, 0) is 15.0 Å². The first-order valence-corrected chi connectivity index (χ1v) is 6.70. The molecule has 0 saturated heterocycles. The Morgan fingerprint density at radius 1 is 1.47 bits per heavy atom. The quantitative estimate of drug-likeness (QED) is 0.683. The van der Waals surface area contributed by atoms with Crippen LogP contribution in [0.1, 0.15) is 33.1 Å². The minimum Gasteiger partial charge on any atom is -0.299 e. The second kappa shape index (κ2) is 2.81. The van der Waals surface area contributed by atoms with Gasteiger partial charge in [-0.15, -0.1) is 3.89 Å². The van der Waals surface area contributed by atoms with Crippen molar-refractivity contribution in [2.24, 2.45) is 16.7 Å². The van der Waals surface area contributed by atoms with Gasteiger partial charge >= 0.3 is 10.2 Å². The summed E-state index contributed by atoms with van der Waals surface area (Å²) >= 11 is 0. The van der Waals surface area contributed by atoms with E-state index in [0.29, 0.717) is 12.8 Å². The first-order chi connectivity index (χ1) is 6.69. The Balaban J connectivity index is 2.45. The van der Waals surface area contributed by atoms with E-state index in [1.807, 2.05) is 13.8 Å². The van der Waals surface area contributed by atoms with Gasteiger partial charge in [0.25, 0.3) is 0 Å². The van der Waals surface area contributed by atoms with Crippen LogP contribution in [-0.4, -0.2) is 20.0 Å². The molecule has 2 rings (SSSR count). The number of rotatable bonds is 2. The number of halogens is 1. The van der Waals surface area contributed by atoms with Gasteiger partial charge in [-0.05, 0) is 24.2 Å². The molecular weight excluding hydrogens is 219 g/mol. The van der Waals surface area contributed by atoms with Crippen molar-refractivity contribution in [1.29, 1.82) is 0 Å². The second-order valence-electron chi connectivity index (χ2n) is 5.35. The average molecular weight is 234 g/mol. The van der Waals surface area contributed by atoms with Gasteiger partial charge < -0.3 is 0 Å². The summed E-state index contributed by atoms with van der Waals surface area (Å²) in [6, 6.07) is 0. The lowest BCUT2D eigenvalue weighted by Gasteiger charge is -2.34. The third-order valence-corrected chi connectivity index (χ3v) is 5.40. The summed E-state index contributed by atoms with van der Waals surface area (Å²) in [5, 5.41) is 0. The van der Waals surface area contributed by atoms with E-state index in [1.54, 1.807) is 0 Å². The van der Waals surface area contributed by atoms with Crippen molar-refractivity contribution in [3.05, 3.63) is 0 Å². The Morgan fingerprint density at radius 3 is 2.40 bits per heavy atom. The molecule has 0 heterocycles. The molecule has 5 heteroatoms. The molecule has 0 aliphatic heterocycles. The van der Waals surface area contributed by atoms with Crippen molar-refractivity contribution in [2.45, 2.75) is 33.1 Å². The third-order valence-electron chi connectivity index (χ3n) is 4.56. The maximum absolute atomic E-state index is 12.8. The molecule has 2 aliphatic rings. The van der Waals surface area contributed by atoms with Gasteiger partial charge in [0, 0.05) is 6.42 Å². The lowest BCUT2D eigenvalue weighted by atomic mass is 9.70. The highest BCUT2D eigenvalue weighted by Crippen LogP contribution is 2.64. The largest absolute Gasteiger partial charge is 0.303 e. The van der Waals surface area contributed by atoms with Gasteiger partial charge in [0.1, 0.15) is 5.78 Å². The highest BCUT2D eigenvalue weighted by molar-refractivity contribution is 7.86. The molecule has 0 aromatic rings. The number of carbonyl (C=O) groups excluding carboxylic acids is 1. The Kier molecular flexibility index (Phi) is 2.07. The van der Waals surface area contributed by atoms with Crippen LogP contribution < -0.4 is 0 Å². The van der Waals surface area contributed by atoms with Crippen LogP contribution in [0.5, 0.6) is 0 Å². The fourth-order valence-corrected chi connectivity index (χ4v) is 4.67. The standard InChI is InChI=1S/C10H15FO3S/c1-9(2)7-3-4-10(9,8(12)5-7)6-15(11,13)14/h7H,3-6H2,1-2H3. The molecule has 0 aromatic heterocycles. The van der Waals surface area contributed by atoms with Gasteiger partial charge in [-0.25, -0.2) is 0 Å². The fraction of sp³-hybridized carbons (Fsp3) is 0.900. The molecule has 2 saturated carbocycles. The monoisotopic (exact) mass is 234 g/mol. The van der Waals surface area contributed by atoms with E-state index in [0.717, 1.165) is 6.42 Å². The van der Waals surface area contributed by atoms with Gasteiger partial charge in [0.05, 0.1) is 11.2 Å². The number of fused-ring (bicyclic) bond motifs is 2. The van der Waals surface area contributed by atoms with E-state index in [2.05, 4.69) is 0 Å². The number of carbonyl (C=O) groups is 1. The molecule has 2 fully saturated rings.